The number of hydrogen-bond donors (Lipinski definition) is 1. The highest BCUT2D eigenvalue weighted by atomic mass is 32.1. The molecule has 1 amide bonds. The van der Waals surface area contributed by atoms with Crippen molar-refractivity contribution >= 4 is 22.2 Å². The molecule has 1 N–H and O–H groups in total. The van der Waals surface area contributed by atoms with E-state index >= 15 is 0 Å². The summed E-state index contributed by atoms with van der Waals surface area (Å²) in [5.74, 6) is 0.917. The third-order valence-corrected chi connectivity index (χ3v) is 5.58. The Balaban J connectivity index is 1.56. The highest BCUT2D eigenvalue weighted by Gasteiger charge is 2.35. The Morgan fingerprint density at radius 1 is 1.29 bits per heavy atom. The van der Waals surface area contributed by atoms with Crippen molar-refractivity contribution < 1.29 is 14.3 Å². The van der Waals surface area contributed by atoms with Crippen LogP contribution in [0.1, 0.15) is 29.3 Å². The summed E-state index contributed by atoms with van der Waals surface area (Å²) in [5, 5.41) is 12.9. The number of fused-ring (bicyclic) bond motifs is 2. The van der Waals surface area contributed by atoms with Crippen LogP contribution in [0.15, 0.2) is 24.3 Å². The van der Waals surface area contributed by atoms with E-state index in [9.17, 15) is 10.1 Å². The first-order valence-corrected chi connectivity index (χ1v) is 8.77. The molecule has 0 fully saturated rings. The van der Waals surface area contributed by atoms with E-state index in [4.69, 9.17) is 9.47 Å². The zero-order valence-corrected chi connectivity index (χ0v) is 14.0. The van der Waals surface area contributed by atoms with E-state index in [0.717, 1.165) is 24.8 Å². The molecule has 0 saturated heterocycles. The summed E-state index contributed by atoms with van der Waals surface area (Å²) in [5.41, 5.74) is 1.70. The van der Waals surface area contributed by atoms with Gasteiger partial charge in [0, 0.05) is 4.88 Å². The molecule has 122 valence electrons. The Morgan fingerprint density at radius 3 is 2.79 bits per heavy atom. The molecular weight excluding hydrogens is 324 g/mol. The van der Waals surface area contributed by atoms with E-state index in [1.165, 1.54) is 16.2 Å². The van der Waals surface area contributed by atoms with Gasteiger partial charge in [0.15, 0.2) is 11.5 Å². The zero-order chi connectivity index (χ0) is 16.7. The lowest BCUT2D eigenvalue weighted by Crippen LogP contribution is -2.46. The van der Waals surface area contributed by atoms with Crippen LogP contribution < -0.4 is 14.8 Å². The van der Waals surface area contributed by atoms with Gasteiger partial charge in [-0.05, 0) is 43.9 Å². The Hall–Kier alpha value is -2.52. The predicted octanol–water partition coefficient (Wildman–Crippen LogP) is 3.28. The molecule has 1 aliphatic heterocycles. The van der Waals surface area contributed by atoms with Crippen molar-refractivity contribution in [1.82, 2.24) is 0 Å². The fraction of sp³-hybridized carbons (Fsp3) is 0.333. The number of rotatable bonds is 2. The minimum absolute atomic E-state index is 0.284. The Labute approximate surface area is 143 Å². The standard InChI is InChI=1S/C18H16N2O3S/c1-10-16(23-14-7-3-2-6-13(14)22-10)17(21)20-18-12(9-19)11-5-4-8-15(11)24-18/h2-3,6-7,10,16H,4-5,8H2,1H3,(H,20,21)/t10-,16+/m0/s1. The fourth-order valence-corrected chi connectivity index (χ4v) is 4.44. The molecule has 6 heteroatoms. The number of nitriles is 1. The third kappa shape index (κ3) is 2.42. The average Bonchev–Trinajstić information content (AvgIpc) is 3.14. The van der Waals surface area contributed by atoms with E-state index in [1.54, 1.807) is 13.0 Å². The quantitative estimate of drug-likeness (QED) is 0.911. The van der Waals surface area contributed by atoms with Crippen molar-refractivity contribution in [2.24, 2.45) is 0 Å². The molecule has 0 spiro atoms. The van der Waals surface area contributed by atoms with Gasteiger partial charge in [-0.1, -0.05) is 12.1 Å². The van der Waals surface area contributed by atoms with Gasteiger partial charge in [-0.15, -0.1) is 11.3 Å². The fourth-order valence-electron chi connectivity index (χ4n) is 3.20. The summed E-state index contributed by atoms with van der Waals surface area (Å²) in [7, 11) is 0. The lowest BCUT2D eigenvalue weighted by atomic mass is 10.1. The van der Waals surface area contributed by atoms with Gasteiger partial charge in [0.05, 0.1) is 5.56 Å². The molecule has 2 heterocycles. The number of ether oxygens (including phenoxy) is 2. The van der Waals surface area contributed by atoms with E-state index in [-0.39, 0.29) is 5.91 Å². The average molecular weight is 340 g/mol. The number of amides is 1. The van der Waals surface area contributed by atoms with Crippen LogP contribution >= 0.6 is 11.3 Å². The normalized spacial score (nSPS) is 21.0. The van der Waals surface area contributed by atoms with Gasteiger partial charge in [-0.2, -0.15) is 5.26 Å². The smallest absolute Gasteiger partial charge is 0.270 e. The lowest BCUT2D eigenvalue weighted by Gasteiger charge is -2.30. The molecule has 2 atom stereocenters. The van der Waals surface area contributed by atoms with Crippen LogP contribution in [0.4, 0.5) is 5.00 Å². The maximum Gasteiger partial charge on any atom is 0.270 e. The van der Waals surface area contributed by atoms with E-state index in [2.05, 4.69) is 11.4 Å². The molecule has 0 radical (unpaired) electrons. The summed E-state index contributed by atoms with van der Waals surface area (Å²) in [6.07, 6.45) is 1.83. The van der Waals surface area contributed by atoms with E-state index < -0.39 is 12.2 Å². The van der Waals surface area contributed by atoms with Crippen LogP contribution in [0.25, 0.3) is 0 Å². The molecule has 0 bridgehead atoms. The predicted molar refractivity (Wildman–Crippen MR) is 90.6 cm³/mol. The van der Waals surface area contributed by atoms with Crippen molar-refractivity contribution in [3.8, 4) is 17.6 Å². The Morgan fingerprint density at radius 2 is 2.04 bits per heavy atom. The topological polar surface area (TPSA) is 71.3 Å². The number of hydrogen-bond acceptors (Lipinski definition) is 5. The van der Waals surface area contributed by atoms with Crippen molar-refractivity contribution in [3.63, 3.8) is 0 Å². The first-order valence-electron chi connectivity index (χ1n) is 7.95. The molecule has 0 unspecified atom stereocenters. The zero-order valence-electron chi connectivity index (χ0n) is 13.2. The molecule has 1 aromatic heterocycles. The van der Waals surface area contributed by atoms with Gasteiger partial charge >= 0.3 is 0 Å². The molecule has 4 rings (SSSR count). The number of anilines is 1. The van der Waals surface area contributed by atoms with Gasteiger partial charge in [0.1, 0.15) is 17.2 Å². The molecule has 5 nitrogen and oxygen atoms in total. The Bertz CT molecular complexity index is 852. The van der Waals surface area contributed by atoms with Crippen LogP contribution in [0.2, 0.25) is 0 Å². The number of thiophene rings is 1. The van der Waals surface area contributed by atoms with Gasteiger partial charge in [0.2, 0.25) is 6.10 Å². The van der Waals surface area contributed by atoms with Crippen LogP contribution in [-0.4, -0.2) is 18.1 Å². The largest absolute Gasteiger partial charge is 0.482 e. The number of nitrogens with one attached hydrogen (secondary N) is 1. The van der Waals surface area contributed by atoms with Gasteiger partial charge in [-0.25, -0.2) is 0 Å². The monoisotopic (exact) mass is 340 g/mol. The first-order chi connectivity index (χ1) is 11.7. The highest BCUT2D eigenvalue weighted by Crippen LogP contribution is 2.39. The minimum atomic E-state index is -0.747. The Kier molecular flexibility index (Phi) is 3.66. The maximum absolute atomic E-state index is 12.7. The molecule has 24 heavy (non-hydrogen) atoms. The van der Waals surface area contributed by atoms with Gasteiger partial charge in [0.25, 0.3) is 5.91 Å². The second-order valence-electron chi connectivity index (χ2n) is 5.97. The van der Waals surface area contributed by atoms with Crippen molar-refractivity contribution in [3.05, 3.63) is 40.3 Å². The molecule has 2 aliphatic rings. The molecule has 0 saturated carbocycles. The summed E-state index contributed by atoms with van der Waals surface area (Å²) in [6, 6.07) is 9.53. The van der Waals surface area contributed by atoms with Gasteiger partial charge < -0.3 is 14.8 Å². The first kappa shape index (κ1) is 15.0. The number of nitrogens with zero attached hydrogens (tertiary/aromatic N) is 1. The van der Waals surface area contributed by atoms with Crippen molar-refractivity contribution in [2.45, 2.75) is 38.4 Å². The molecule has 1 aliphatic carbocycles. The SMILES string of the molecule is C[C@@H]1Oc2ccccc2O[C@H]1C(=O)Nc1sc2c(c1C#N)CCC2. The minimum Gasteiger partial charge on any atom is -0.482 e. The lowest BCUT2D eigenvalue weighted by molar-refractivity contribution is -0.127. The van der Waals surface area contributed by atoms with E-state index in [0.29, 0.717) is 22.1 Å². The summed E-state index contributed by atoms with van der Waals surface area (Å²) in [4.78, 5) is 13.9. The number of aryl methyl sites for hydroxylation is 1. The van der Waals surface area contributed by atoms with Gasteiger partial charge in [-0.3, -0.25) is 4.79 Å². The van der Waals surface area contributed by atoms with Crippen molar-refractivity contribution in [2.75, 3.05) is 5.32 Å². The van der Waals surface area contributed by atoms with Crippen LogP contribution in [0, 0.1) is 11.3 Å². The number of para-hydroxylation sites is 2. The van der Waals surface area contributed by atoms with Crippen LogP contribution in [0.5, 0.6) is 11.5 Å². The number of carbonyl (C=O) groups is 1. The summed E-state index contributed by atoms with van der Waals surface area (Å²) >= 11 is 1.50. The maximum atomic E-state index is 12.7. The van der Waals surface area contributed by atoms with Crippen LogP contribution in [-0.2, 0) is 17.6 Å². The summed E-state index contributed by atoms with van der Waals surface area (Å²) in [6.45, 7) is 1.81. The molecule has 1 aromatic carbocycles. The van der Waals surface area contributed by atoms with Crippen LogP contribution in [0.3, 0.4) is 0 Å². The molecule has 2 aromatic rings. The van der Waals surface area contributed by atoms with E-state index in [1.807, 2.05) is 18.2 Å². The second-order valence-corrected chi connectivity index (χ2v) is 7.08. The number of benzene rings is 1. The number of carbonyl (C=O) groups excluding carboxylic acids is 1. The molecular formula is C18H16N2O3S. The third-order valence-electron chi connectivity index (χ3n) is 4.37. The summed E-state index contributed by atoms with van der Waals surface area (Å²) < 4.78 is 11.6. The van der Waals surface area contributed by atoms with Crippen molar-refractivity contribution in [1.29, 1.82) is 5.26 Å². The second kappa shape index (κ2) is 5.84. The highest BCUT2D eigenvalue weighted by molar-refractivity contribution is 7.16.